The van der Waals surface area contributed by atoms with Gasteiger partial charge in [0.1, 0.15) is 4.90 Å². The van der Waals surface area contributed by atoms with Crippen LogP contribution >= 0.6 is 35.0 Å². The van der Waals surface area contributed by atoms with Crippen molar-refractivity contribution in [3.63, 3.8) is 0 Å². The Morgan fingerprint density at radius 2 is 1.79 bits per heavy atom. The molecule has 38 heavy (non-hydrogen) atoms. The maximum Gasteiger partial charge on any atom is 0.339 e. The van der Waals surface area contributed by atoms with Crippen LogP contribution in [0.25, 0.3) is 6.08 Å². The zero-order valence-electron chi connectivity index (χ0n) is 19.4. The molecule has 0 aromatic heterocycles. The number of ether oxygens (including phenoxy) is 1. The Balaban J connectivity index is 1.56. The van der Waals surface area contributed by atoms with E-state index in [1.54, 1.807) is 37.3 Å². The van der Waals surface area contributed by atoms with E-state index in [1.165, 1.54) is 12.1 Å². The number of hydrogen-bond donors (Lipinski definition) is 1. The Kier molecular flexibility index (Phi) is 8.26. The average Bonchev–Trinajstić information content (AvgIpc) is 3.21. The van der Waals surface area contributed by atoms with Gasteiger partial charge in [0.05, 0.1) is 32.2 Å². The minimum Gasteiger partial charge on any atom is -0.490 e. The quantitative estimate of drug-likeness (QED) is 0.146. The summed E-state index contributed by atoms with van der Waals surface area (Å²) in [4.78, 5) is 27.1. The van der Waals surface area contributed by atoms with Crippen LogP contribution in [0.5, 0.6) is 11.5 Å². The van der Waals surface area contributed by atoms with Gasteiger partial charge < -0.3 is 14.2 Å². The average molecular weight is 594 g/mol. The fourth-order valence-electron chi connectivity index (χ4n) is 3.16. The molecule has 1 heterocycles. The first-order chi connectivity index (χ1) is 18.1. The van der Waals surface area contributed by atoms with E-state index in [0.29, 0.717) is 31.4 Å². The summed E-state index contributed by atoms with van der Waals surface area (Å²) in [6.45, 7) is 1.93. The highest BCUT2D eigenvalue weighted by molar-refractivity contribution is 8.18. The number of carbonyl (C=O) groups is 1. The Hall–Kier alpha value is -3.58. The van der Waals surface area contributed by atoms with Crippen LogP contribution in [0.1, 0.15) is 12.5 Å². The molecule has 196 valence electrons. The number of nitro groups is 1. The summed E-state index contributed by atoms with van der Waals surface area (Å²) in [5, 5.41) is 14.6. The minimum absolute atomic E-state index is 0.0854. The molecule has 14 heteroatoms. The lowest BCUT2D eigenvalue weighted by Gasteiger charge is -2.12. The number of thioether (sulfide) groups is 1. The van der Waals surface area contributed by atoms with Gasteiger partial charge in [-0.3, -0.25) is 14.9 Å². The second-order valence-corrected chi connectivity index (χ2v) is 10.9. The molecular weight excluding hydrogens is 577 g/mol. The third kappa shape index (κ3) is 6.45. The van der Waals surface area contributed by atoms with Gasteiger partial charge in [-0.15, -0.1) is 0 Å². The van der Waals surface area contributed by atoms with E-state index >= 15 is 0 Å². The van der Waals surface area contributed by atoms with Crippen LogP contribution in [-0.2, 0) is 14.9 Å². The van der Waals surface area contributed by atoms with Gasteiger partial charge in [0, 0.05) is 12.1 Å². The maximum atomic E-state index is 12.7. The number of aliphatic imine (C=N–C) groups is 1. The van der Waals surface area contributed by atoms with Gasteiger partial charge in [0.15, 0.2) is 16.7 Å². The number of amidine groups is 1. The molecule has 0 atom stereocenters. The molecule has 0 aliphatic carbocycles. The van der Waals surface area contributed by atoms with Crippen molar-refractivity contribution in [1.29, 1.82) is 0 Å². The van der Waals surface area contributed by atoms with Crippen LogP contribution in [0.3, 0.4) is 0 Å². The van der Waals surface area contributed by atoms with Gasteiger partial charge in [-0.05, 0) is 72.8 Å². The number of carbonyl (C=O) groups excluding carboxylic acids is 1. The number of nitrogens with zero attached hydrogens (tertiary/aromatic N) is 2. The molecule has 0 saturated carbocycles. The number of nitro benzene ring substituents is 1. The predicted octanol–water partition coefficient (Wildman–Crippen LogP) is 5.96. The van der Waals surface area contributed by atoms with Crippen molar-refractivity contribution in [2.45, 2.75) is 11.8 Å². The first-order valence-corrected chi connectivity index (χ1v) is 13.7. The molecule has 1 saturated heterocycles. The third-order valence-corrected chi connectivity index (χ3v) is 7.78. The molecular formula is C24H17Cl2N3O7S2. The maximum absolute atomic E-state index is 12.7. The Morgan fingerprint density at radius 1 is 1.05 bits per heavy atom. The number of amides is 1. The molecule has 1 N–H and O–H groups in total. The van der Waals surface area contributed by atoms with Crippen molar-refractivity contribution >= 4 is 73.6 Å². The normalized spacial score (nSPS) is 15.5. The highest BCUT2D eigenvalue weighted by atomic mass is 35.5. The number of non-ortho nitro benzene ring substituents is 1. The van der Waals surface area contributed by atoms with E-state index in [2.05, 4.69) is 10.3 Å². The van der Waals surface area contributed by atoms with Crippen LogP contribution in [0.4, 0.5) is 11.4 Å². The number of halogens is 2. The van der Waals surface area contributed by atoms with Crippen LogP contribution < -0.4 is 14.2 Å². The highest BCUT2D eigenvalue weighted by Gasteiger charge is 2.25. The summed E-state index contributed by atoms with van der Waals surface area (Å²) in [6, 6.07) is 13.6. The number of rotatable bonds is 8. The molecule has 0 unspecified atom stereocenters. The summed E-state index contributed by atoms with van der Waals surface area (Å²) < 4.78 is 36.3. The molecule has 4 rings (SSSR count). The second kappa shape index (κ2) is 11.4. The number of benzene rings is 3. The molecule has 0 bridgehead atoms. The molecule has 1 aliphatic heterocycles. The predicted molar refractivity (Wildman–Crippen MR) is 146 cm³/mol. The molecule has 1 amide bonds. The lowest BCUT2D eigenvalue weighted by Crippen LogP contribution is -2.19. The fourth-order valence-corrected chi connectivity index (χ4v) is 5.23. The van der Waals surface area contributed by atoms with Crippen LogP contribution in [0, 0.1) is 10.1 Å². The lowest BCUT2D eigenvalue weighted by molar-refractivity contribution is -0.384. The SMILES string of the molecule is CCOc1cc(/C=C2/SC(=Nc3ccc(Cl)c(Cl)c3)NC2=O)ccc1OS(=O)(=O)c1ccc([N+](=O)[O-])cc1. The molecule has 0 spiro atoms. The molecule has 1 aliphatic rings. The van der Waals surface area contributed by atoms with E-state index in [0.717, 1.165) is 36.0 Å². The van der Waals surface area contributed by atoms with Crippen molar-refractivity contribution in [1.82, 2.24) is 5.32 Å². The summed E-state index contributed by atoms with van der Waals surface area (Å²) in [6.07, 6.45) is 1.59. The van der Waals surface area contributed by atoms with Gasteiger partial charge in [-0.25, -0.2) is 4.99 Å². The minimum atomic E-state index is -4.30. The van der Waals surface area contributed by atoms with Crippen molar-refractivity contribution in [2.24, 2.45) is 4.99 Å². The fraction of sp³-hybridized carbons (Fsp3) is 0.0833. The molecule has 1 fully saturated rings. The van der Waals surface area contributed by atoms with Gasteiger partial charge >= 0.3 is 10.1 Å². The van der Waals surface area contributed by atoms with E-state index in [-0.39, 0.29) is 34.6 Å². The summed E-state index contributed by atoms with van der Waals surface area (Å²) in [5.74, 6) is -0.328. The van der Waals surface area contributed by atoms with Gasteiger partial charge in [-0.2, -0.15) is 8.42 Å². The number of nitrogens with one attached hydrogen (secondary N) is 1. The van der Waals surface area contributed by atoms with E-state index in [4.69, 9.17) is 32.1 Å². The lowest BCUT2D eigenvalue weighted by atomic mass is 10.2. The molecule has 3 aromatic carbocycles. The second-order valence-electron chi connectivity index (χ2n) is 7.51. The van der Waals surface area contributed by atoms with Crippen LogP contribution in [-0.4, -0.2) is 31.0 Å². The van der Waals surface area contributed by atoms with E-state index < -0.39 is 15.0 Å². The number of hydrogen-bond acceptors (Lipinski definition) is 9. The summed E-state index contributed by atoms with van der Waals surface area (Å²) >= 11 is 13.1. The Labute approximate surface area is 231 Å². The van der Waals surface area contributed by atoms with Crippen molar-refractivity contribution in [3.8, 4) is 11.5 Å². The summed E-state index contributed by atoms with van der Waals surface area (Å²) in [7, 11) is -4.30. The molecule has 3 aromatic rings. The zero-order valence-corrected chi connectivity index (χ0v) is 22.5. The topological polar surface area (TPSA) is 137 Å². The monoisotopic (exact) mass is 593 g/mol. The van der Waals surface area contributed by atoms with Crippen LogP contribution in [0.15, 0.2) is 75.5 Å². The van der Waals surface area contributed by atoms with E-state index in [9.17, 15) is 23.3 Å². The van der Waals surface area contributed by atoms with Gasteiger partial charge in [-0.1, -0.05) is 29.3 Å². The highest BCUT2D eigenvalue weighted by Crippen LogP contribution is 2.35. The first-order valence-electron chi connectivity index (χ1n) is 10.8. The largest absolute Gasteiger partial charge is 0.490 e. The first kappa shape index (κ1) is 27.5. The Morgan fingerprint density at radius 3 is 2.45 bits per heavy atom. The van der Waals surface area contributed by atoms with Crippen molar-refractivity contribution < 1.29 is 27.1 Å². The van der Waals surface area contributed by atoms with Crippen molar-refractivity contribution in [3.05, 3.63) is 91.3 Å². The smallest absolute Gasteiger partial charge is 0.339 e. The van der Waals surface area contributed by atoms with Gasteiger partial charge in [0.2, 0.25) is 0 Å². The van der Waals surface area contributed by atoms with Crippen LogP contribution in [0.2, 0.25) is 10.0 Å². The van der Waals surface area contributed by atoms with E-state index in [1.807, 2.05) is 0 Å². The van der Waals surface area contributed by atoms with Crippen molar-refractivity contribution in [2.75, 3.05) is 6.61 Å². The standard InChI is InChI=1S/C24H17Cl2N3O7S2/c1-2-35-21-11-14(3-10-20(21)36-38(33,34)17-7-5-16(6-8-17)29(31)32)12-22-23(30)28-24(37-22)27-15-4-9-18(25)19(26)13-15/h3-13H,2H2,1H3,(H,27,28,30)/b22-12+. The Bertz CT molecular complexity index is 1590. The third-order valence-electron chi connectivity index (χ3n) is 4.89. The summed E-state index contributed by atoms with van der Waals surface area (Å²) in [5.41, 5.74) is 0.801. The molecule has 0 radical (unpaired) electrons. The zero-order chi connectivity index (χ0) is 27.4. The van der Waals surface area contributed by atoms with Gasteiger partial charge in [0.25, 0.3) is 11.6 Å². The molecule has 10 nitrogen and oxygen atoms in total.